The molecule has 1 amide bonds. The van der Waals surface area contributed by atoms with Gasteiger partial charge >= 0.3 is 0 Å². The molecule has 6 nitrogen and oxygen atoms in total. The fourth-order valence-corrected chi connectivity index (χ4v) is 3.44. The van der Waals surface area contributed by atoms with Crippen LogP contribution in [-0.4, -0.2) is 63.6 Å². The highest BCUT2D eigenvalue weighted by atomic mass is 32.2. The number of amides is 1. The summed E-state index contributed by atoms with van der Waals surface area (Å²) in [7, 11) is 0.850. The molecule has 0 unspecified atom stereocenters. The number of sulfone groups is 1. The average molecular weight is 314 g/mol. The summed E-state index contributed by atoms with van der Waals surface area (Å²) in [6, 6.07) is 3.44. The Balaban J connectivity index is 2.08. The molecular formula is C14H22N2O4S. The van der Waals surface area contributed by atoms with Crippen LogP contribution in [0.5, 0.6) is 0 Å². The summed E-state index contributed by atoms with van der Waals surface area (Å²) in [5, 5.41) is 0. The van der Waals surface area contributed by atoms with E-state index in [4.69, 9.17) is 4.42 Å². The molecule has 0 bridgehead atoms. The third-order valence-electron chi connectivity index (χ3n) is 3.80. The van der Waals surface area contributed by atoms with Gasteiger partial charge in [0.1, 0.15) is 11.5 Å². The Kier molecular flexibility index (Phi) is 4.43. The molecule has 0 aromatic carbocycles. The minimum absolute atomic E-state index is 0.175. The molecule has 0 aliphatic carbocycles. The molecule has 7 heteroatoms. The maximum Gasteiger partial charge on any atom is 0.289 e. The van der Waals surface area contributed by atoms with Gasteiger partial charge in [0.2, 0.25) is 0 Å². The maximum atomic E-state index is 12.4. The minimum Gasteiger partial charge on any atom is -0.455 e. The van der Waals surface area contributed by atoms with E-state index in [2.05, 4.69) is 11.8 Å². The standard InChI is InChI=1S/C14H22N2O4S/c1-10-7-16(8-12(10)15(2)3)14(17)13-6-5-11(20-13)9-21(4,18)19/h5-6,10,12H,7-9H2,1-4H3/t10-,12+/m0/s1. The lowest BCUT2D eigenvalue weighted by molar-refractivity contribution is 0.0748. The average Bonchev–Trinajstić information content (AvgIpc) is 2.93. The maximum absolute atomic E-state index is 12.4. The van der Waals surface area contributed by atoms with Crippen molar-refractivity contribution in [2.45, 2.75) is 18.7 Å². The highest BCUT2D eigenvalue weighted by Gasteiger charge is 2.34. The fourth-order valence-electron chi connectivity index (χ4n) is 2.77. The van der Waals surface area contributed by atoms with Crippen molar-refractivity contribution in [1.82, 2.24) is 9.80 Å². The van der Waals surface area contributed by atoms with E-state index in [0.29, 0.717) is 30.8 Å². The van der Waals surface area contributed by atoms with Gasteiger partial charge in [-0.3, -0.25) is 4.79 Å². The second-order valence-corrected chi connectivity index (χ2v) is 8.19. The summed E-state index contributed by atoms with van der Waals surface area (Å²) in [5.41, 5.74) is 0. The van der Waals surface area contributed by atoms with Crippen molar-refractivity contribution in [2.24, 2.45) is 5.92 Å². The molecule has 21 heavy (non-hydrogen) atoms. The highest BCUT2D eigenvalue weighted by molar-refractivity contribution is 7.89. The molecule has 1 saturated heterocycles. The van der Waals surface area contributed by atoms with Gasteiger partial charge in [0, 0.05) is 25.4 Å². The summed E-state index contributed by atoms with van der Waals surface area (Å²) >= 11 is 0. The molecule has 0 spiro atoms. The van der Waals surface area contributed by atoms with E-state index in [1.165, 1.54) is 0 Å². The number of furan rings is 1. The number of rotatable bonds is 4. The first kappa shape index (κ1) is 16.0. The Hall–Kier alpha value is -1.34. The van der Waals surface area contributed by atoms with E-state index in [9.17, 15) is 13.2 Å². The lowest BCUT2D eigenvalue weighted by atomic mass is 10.1. The van der Waals surface area contributed by atoms with Crippen molar-refractivity contribution < 1.29 is 17.6 Å². The quantitative estimate of drug-likeness (QED) is 0.824. The van der Waals surface area contributed by atoms with E-state index < -0.39 is 9.84 Å². The van der Waals surface area contributed by atoms with E-state index in [1.807, 2.05) is 14.1 Å². The van der Waals surface area contributed by atoms with Crippen LogP contribution in [0.15, 0.2) is 16.5 Å². The second kappa shape index (κ2) is 5.81. The van der Waals surface area contributed by atoms with Crippen molar-refractivity contribution in [3.05, 3.63) is 23.7 Å². The van der Waals surface area contributed by atoms with Crippen LogP contribution >= 0.6 is 0 Å². The van der Waals surface area contributed by atoms with Crippen molar-refractivity contribution in [3.63, 3.8) is 0 Å². The molecule has 2 heterocycles. The number of hydrogen-bond acceptors (Lipinski definition) is 5. The summed E-state index contributed by atoms with van der Waals surface area (Å²) in [4.78, 5) is 16.3. The molecule has 1 aliphatic heterocycles. The summed E-state index contributed by atoms with van der Waals surface area (Å²) in [5.74, 6) is 0.551. The van der Waals surface area contributed by atoms with Crippen LogP contribution in [0.25, 0.3) is 0 Å². The van der Waals surface area contributed by atoms with E-state index in [0.717, 1.165) is 6.26 Å². The molecule has 0 radical (unpaired) electrons. The Morgan fingerprint density at radius 3 is 2.57 bits per heavy atom. The largest absolute Gasteiger partial charge is 0.455 e. The predicted octanol–water partition coefficient (Wildman–Crippen LogP) is 0.846. The Bertz CT molecular complexity index is 621. The van der Waals surface area contributed by atoms with Gasteiger partial charge in [-0.15, -0.1) is 0 Å². The monoisotopic (exact) mass is 314 g/mol. The van der Waals surface area contributed by atoms with Gasteiger partial charge in [0.15, 0.2) is 15.6 Å². The number of carbonyl (C=O) groups is 1. The number of hydrogen-bond donors (Lipinski definition) is 0. The zero-order valence-corrected chi connectivity index (χ0v) is 13.7. The van der Waals surface area contributed by atoms with Gasteiger partial charge in [-0.1, -0.05) is 6.92 Å². The highest BCUT2D eigenvalue weighted by Crippen LogP contribution is 2.22. The number of carbonyl (C=O) groups excluding carboxylic acids is 1. The Morgan fingerprint density at radius 2 is 2.05 bits per heavy atom. The van der Waals surface area contributed by atoms with E-state index >= 15 is 0 Å². The van der Waals surface area contributed by atoms with Crippen LogP contribution in [-0.2, 0) is 15.6 Å². The summed E-state index contributed by atoms with van der Waals surface area (Å²) in [6.45, 7) is 3.47. The first-order valence-electron chi connectivity index (χ1n) is 6.89. The molecule has 1 aromatic rings. The van der Waals surface area contributed by atoms with Crippen molar-refractivity contribution >= 4 is 15.7 Å². The molecule has 2 rings (SSSR count). The first-order chi connectivity index (χ1) is 9.67. The van der Waals surface area contributed by atoms with Crippen LogP contribution in [0, 0.1) is 5.92 Å². The van der Waals surface area contributed by atoms with Gasteiger partial charge in [0.05, 0.1) is 0 Å². The third kappa shape index (κ3) is 3.85. The zero-order chi connectivity index (χ0) is 15.8. The second-order valence-electron chi connectivity index (χ2n) is 6.05. The topological polar surface area (TPSA) is 70.8 Å². The van der Waals surface area contributed by atoms with E-state index in [1.54, 1.807) is 17.0 Å². The van der Waals surface area contributed by atoms with Crippen LogP contribution in [0.4, 0.5) is 0 Å². The van der Waals surface area contributed by atoms with Crippen LogP contribution in [0.2, 0.25) is 0 Å². The van der Waals surface area contributed by atoms with Crippen LogP contribution in [0.3, 0.4) is 0 Å². The third-order valence-corrected chi connectivity index (χ3v) is 4.61. The molecule has 1 aliphatic rings. The summed E-state index contributed by atoms with van der Waals surface area (Å²) < 4.78 is 27.9. The first-order valence-corrected chi connectivity index (χ1v) is 8.95. The minimum atomic E-state index is -3.16. The fraction of sp³-hybridized carbons (Fsp3) is 0.643. The molecule has 1 aromatic heterocycles. The van der Waals surface area contributed by atoms with Crippen molar-refractivity contribution in [3.8, 4) is 0 Å². The van der Waals surface area contributed by atoms with Crippen LogP contribution < -0.4 is 0 Å². The molecule has 0 N–H and O–H groups in total. The normalized spacial score (nSPS) is 23.0. The smallest absolute Gasteiger partial charge is 0.289 e. The van der Waals surface area contributed by atoms with Gasteiger partial charge in [-0.05, 0) is 32.1 Å². The van der Waals surface area contributed by atoms with Crippen molar-refractivity contribution in [1.29, 1.82) is 0 Å². The van der Waals surface area contributed by atoms with E-state index in [-0.39, 0.29) is 17.4 Å². The molecule has 0 saturated carbocycles. The predicted molar refractivity (Wildman–Crippen MR) is 79.8 cm³/mol. The molecule has 2 atom stereocenters. The molecule has 118 valence electrons. The zero-order valence-electron chi connectivity index (χ0n) is 12.9. The van der Waals surface area contributed by atoms with Gasteiger partial charge < -0.3 is 14.2 Å². The number of likely N-dealkylation sites (N-methyl/N-ethyl adjacent to an activating group) is 1. The lowest BCUT2D eigenvalue weighted by Gasteiger charge is -2.22. The van der Waals surface area contributed by atoms with Crippen molar-refractivity contribution in [2.75, 3.05) is 33.4 Å². The molecular weight excluding hydrogens is 292 g/mol. The van der Waals surface area contributed by atoms with Gasteiger partial charge in [-0.25, -0.2) is 8.42 Å². The number of likely N-dealkylation sites (tertiary alicyclic amines) is 1. The molecule has 1 fully saturated rings. The SMILES string of the molecule is C[C@H]1CN(C(=O)c2ccc(CS(C)(=O)=O)o2)C[C@H]1N(C)C. The lowest BCUT2D eigenvalue weighted by Crippen LogP contribution is -2.35. The Morgan fingerprint density at radius 1 is 1.38 bits per heavy atom. The number of nitrogens with zero attached hydrogens (tertiary/aromatic N) is 2. The Labute approximate surface area is 125 Å². The summed E-state index contributed by atoms with van der Waals surface area (Å²) in [6.07, 6.45) is 1.14. The van der Waals surface area contributed by atoms with Crippen LogP contribution in [0.1, 0.15) is 23.2 Å². The van der Waals surface area contributed by atoms with Gasteiger partial charge in [0.25, 0.3) is 5.91 Å². The van der Waals surface area contributed by atoms with Gasteiger partial charge in [-0.2, -0.15) is 0 Å².